The van der Waals surface area contributed by atoms with Gasteiger partial charge in [0.2, 0.25) is 0 Å². The lowest BCUT2D eigenvalue weighted by Gasteiger charge is -2.07. The second kappa shape index (κ2) is 6.87. The fourth-order valence-electron chi connectivity index (χ4n) is 0.877. The zero-order chi connectivity index (χ0) is 13.5. The van der Waals surface area contributed by atoms with Crippen LogP contribution in [-0.4, -0.2) is 37.0 Å². The van der Waals surface area contributed by atoms with E-state index in [1.54, 1.807) is 6.92 Å². The van der Waals surface area contributed by atoms with Gasteiger partial charge in [0.1, 0.15) is 12.2 Å². The van der Waals surface area contributed by atoms with Crippen molar-refractivity contribution in [3.63, 3.8) is 0 Å². The molecule has 1 N–H and O–H groups in total. The minimum atomic E-state index is -4.97. The molecule has 0 aliphatic carbocycles. The number of hydrogen-bond acceptors (Lipinski definition) is 4. The van der Waals surface area contributed by atoms with Crippen molar-refractivity contribution in [3.05, 3.63) is 0 Å². The van der Waals surface area contributed by atoms with Crippen LogP contribution in [0, 0.1) is 0 Å². The summed E-state index contributed by atoms with van der Waals surface area (Å²) in [6, 6.07) is 0. The van der Waals surface area contributed by atoms with Crippen LogP contribution in [0.3, 0.4) is 0 Å². The molecule has 0 aliphatic heterocycles. The summed E-state index contributed by atoms with van der Waals surface area (Å²) in [5.41, 5.74) is 0. The third kappa shape index (κ3) is 7.31. The molecule has 0 heterocycles. The number of Topliss-reactive ketones (excluding diaryl/α,β-unsaturated/α-hetero) is 1. The summed E-state index contributed by atoms with van der Waals surface area (Å²) in [7, 11) is 0. The van der Waals surface area contributed by atoms with Crippen molar-refractivity contribution >= 4 is 17.7 Å². The molecular weight excluding hydrogens is 243 g/mol. The Morgan fingerprint density at radius 1 is 1.24 bits per heavy atom. The van der Waals surface area contributed by atoms with Crippen LogP contribution in [0.2, 0.25) is 0 Å². The van der Waals surface area contributed by atoms with Crippen LogP contribution in [0.1, 0.15) is 19.8 Å². The Morgan fingerprint density at radius 3 is 2.29 bits per heavy atom. The number of amides is 1. The molecular formula is C9H12F3NO4. The van der Waals surface area contributed by atoms with Gasteiger partial charge in [-0.1, -0.05) is 0 Å². The molecule has 8 heteroatoms. The van der Waals surface area contributed by atoms with Crippen LogP contribution in [0.25, 0.3) is 0 Å². The lowest BCUT2D eigenvalue weighted by atomic mass is 10.2. The highest BCUT2D eigenvalue weighted by molar-refractivity contribution is 5.95. The molecule has 0 aromatic rings. The van der Waals surface area contributed by atoms with Gasteiger partial charge in [-0.05, 0) is 6.92 Å². The maximum Gasteiger partial charge on any atom is 0.471 e. The zero-order valence-electron chi connectivity index (χ0n) is 9.10. The van der Waals surface area contributed by atoms with Gasteiger partial charge in [0.25, 0.3) is 0 Å². The number of nitrogens with one attached hydrogen (secondary N) is 1. The van der Waals surface area contributed by atoms with Crippen LogP contribution < -0.4 is 5.32 Å². The van der Waals surface area contributed by atoms with Crippen LogP contribution in [0.15, 0.2) is 0 Å². The molecule has 0 bridgehead atoms. The standard InChI is InChI=1S/C9H12F3NO4/c1-2-17-7(15)5-6(14)3-4-13-8(16)9(10,11)12/h2-5H2,1H3,(H,13,16). The van der Waals surface area contributed by atoms with Gasteiger partial charge in [0.15, 0.2) is 0 Å². The Morgan fingerprint density at radius 2 is 1.82 bits per heavy atom. The number of ketones is 1. The molecule has 0 atom stereocenters. The van der Waals surface area contributed by atoms with Crippen molar-refractivity contribution in [2.75, 3.05) is 13.2 Å². The third-order valence-electron chi connectivity index (χ3n) is 1.59. The monoisotopic (exact) mass is 255 g/mol. The number of esters is 1. The molecule has 1 amide bonds. The van der Waals surface area contributed by atoms with Gasteiger partial charge in [-0.15, -0.1) is 0 Å². The average Bonchev–Trinajstić information content (AvgIpc) is 2.16. The fraction of sp³-hybridized carbons (Fsp3) is 0.667. The number of rotatable bonds is 6. The molecule has 0 radical (unpaired) electrons. The largest absolute Gasteiger partial charge is 0.471 e. The Bertz CT molecular complexity index is 301. The Hall–Kier alpha value is -1.60. The van der Waals surface area contributed by atoms with E-state index in [1.807, 2.05) is 0 Å². The minimum absolute atomic E-state index is 0.122. The van der Waals surface area contributed by atoms with Crippen molar-refractivity contribution in [2.24, 2.45) is 0 Å². The maximum atomic E-state index is 11.7. The highest BCUT2D eigenvalue weighted by Gasteiger charge is 2.38. The minimum Gasteiger partial charge on any atom is -0.466 e. The van der Waals surface area contributed by atoms with Gasteiger partial charge in [-0.25, -0.2) is 0 Å². The van der Waals surface area contributed by atoms with Gasteiger partial charge < -0.3 is 10.1 Å². The molecule has 5 nitrogen and oxygen atoms in total. The van der Waals surface area contributed by atoms with Gasteiger partial charge in [-0.2, -0.15) is 13.2 Å². The van der Waals surface area contributed by atoms with Crippen LogP contribution >= 0.6 is 0 Å². The number of hydrogen-bond donors (Lipinski definition) is 1. The number of carbonyl (C=O) groups excluding carboxylic acids is 3. The molecule has 0 rings (SSSR count). The maximum absolute atomic E-state index is 11.7. The predicted molar refractivity (Wildman–Crippen MR) is 49.9 cm³/mol. The van der Waals surface area contributed by atoms with Crippen LogP contribution in [0.5, 0.6) is 0 Å². The summed E-state index contributed by atoms with van der Waals surface area (Å²) in [6.07, 6.45) is -5.82. The van der Waals surface area contributed by atoms with Gasteiger partial charge in [0, 0.05) is 13.0 Å². The predicted octanol–water partition coefficient (Wildman–Crippen LogP) is 0.577. The Labute approximate surface area is 95.3 Å². The van der Waals surface area contributed by atoms with E-state index >= 15 is 0 Å². The van der Waals surface area contributed by atoms with Crippen molar-refractivity contribution in [1.29, 1.82) is 0 Å². The van der Waals surface area contributed by atoms with E-state index in [2.05, 4.69) is 4.74 Å². The first-order valence-electron chi connectivity index (χ1n) is 4.79. The van der Waals surface area contributed by atoms with E-state index in [0.29, 0.717) is 0 Å². The van der Waals surface area contributed by atoms with Gasteiger partial charge in [0.05, 0.1) is 6.61 Å². The number of alkyl halides is 3. The highest BCUT2D eigenvalue weighted by Crippen LogP contribution is 2.13. The SMILES string of the molecule is CCOC(=O)CC(=O)CCNC(=O)C(F)(F)F. The van der Waals surface area contributed by atoms with Crippen molar-refractivity contribution < 1.29 is 32.3 Å². The lowest BCUT2D eigenvalue weighted by Crippen LogP contribution is -2.37. The van der Waals surface area contributed by atoms with Crippen LogP contribution in [0.4, 0.5) is 13.2 Å². The number of halogens is 3. The quantitative estimate of drug-likeness (QED) is 0.556. The molecule has 98 valence electrons. The smallest absolute Gasteiger partial charge is 0.466 e. The molecule has 0 spiro atoms. The summed E-state index contributed by atoms with van der Waals surface area (Å²) in [4.78, 5) is 32.2. The second-order valence-corrected chi connectivity index (χ2v) is 3.02. The molecule has 0 aliphatic rings. The second-order valence-electron chi connectivity index (χ2n) is 3.02. The van der Waals surface area contributed by atoms with E-state index in [4.69, 9.17) is 0 Å². The molecule has 0 aromatic heterocycles. The molecule has 17 heavy (non-hydrogen) atoms. The van der Waals surface area contributed by atoms with Crippen molar-refractivity contribution in [2.45, 2.75) is 25.9 Å². The first kappa shape index (κ1) is 15.4. The zero-order valence-corrected chi connectivity index (χ0v) is 9.10. The van der Waals surface area contributed by atoms with E-state index < -0.39 is 36.8 Å². The van der Waals surface area contributed by atoms with Crippen molar-refractivity contribution in [1.82, 2.24) is 5.32 Å². The first-order chi connectivity index (χ1) is 7.77. The highest BCUT2D eigenvalue weighted by atomic mass is 19.4. The van der Waals surface area contributed by atoms with Crippen LogP contribution in [-0.2, 0) is 19.1 Å². The summed E-state index contributed by atoms with van der Waals surface area (Å²) >= 11 is 0. The van der Waals surface area contributed by atoms with E-state index in [1.165, 1.54) is 5.32 Å². The van der Waals surface area contributed by atoms with E-state index in [-0.39, 0.29) is 13.0 Å². The normalized spacial score (nSPS) is 10.8. The number of carbonyl (C=O) groups is 3. The first-order valence-corrected chi connectivity index (χ1v) is 4.79. The van der Waals surface area contributed by atoms with Gasteiger partial charge >= 0.3 is 18.1 Å². The molecule has 0 aromatic carbocycles. The molecule has 0 saturated heterocycles. The Kier molecular flexibility index (Phi) is 6.22. The third-order valence-corrected chi connectivity index (χ3v) is 1.59. The Balaban J connectivity index is 3.79. The summed E-state index contributed by atoms with van der Waals surface area (Å²) in [5.74, 6) is -3.44. The molecule has 0 saturated carbocycles. The van der Waals surface area contributed by atoms with Crippen molar-refractivity contribution in [3.8, 4) is 0 Å². The molecule has 0 unspecified atom stereocenters. The topological polar surface area (TPSA) is 72.5 Å². The summed E-state index contributed by atoms with van der Waals surface area (Å²) < 4.78 is 39.6. The van der Waals surface area contributed by atoms with E-state index in [9.17, 15) is 27.6 Å². The lowest BCUT2D eigenvalue weighted by molar-refractivity contribution is -0.173. The van der Waals surface area contributed by atoms with Gasteiger partial charge in [-0.3, -0.25) is 14.4 Å². The average molecular weight is 255 g/mol. The van der Waals surface area contributed by atoms with E-state index in [0.717, 1.165) is 0 Å². The summed E-state index contributed by atoms with van der Waals surface area (Å²) in [5, 5.41) is 1.52. The number of ether oxygens (including phenoxy) is 1. The fourth-order valence-corrected chi connectivity index (χ4v) is 0.877. The molecule has 0 fully saturated rings. The summed E-state index contributed by atoms with van der Waals surface area (Å²) in [6.45, 7) is 1.22.